The molecule has 5 nitrogen and oxygen atoms in total. The highest BCUT2D eigenvalue weighted by Crippen LogP contribution is 2.12. The minimum atomic E-state index is -0.00681. The molecule has 0 saturated carbocycles. The highest BCUT2D eigenvalue weighted by Gasteiger charge is 2.09. The van der Waals surface area contributed by atoms with Crippen LogP contribution in [-0.2, 0) is 20.1 Å². The number of hydrogen-bond donors (Lipinski definition) is 2. The van der Waals surface area contributed by atoms with E-state index < -0.39 is 0 Å². The van der Waals surface area contributed by atoms with Gasteiger partial charge in [-0.2, -0.15) is 5.10 Å². The molecule has 1 amide bonds. The highest BCUT2D eigenvalue weighted by atomic mass is 16.1. The molecule has 0 aliphatic heterocycles. The van der Waals surface area contributed by atoms with Crippen molar-refractivity contribution in [2.75, 3.05) is 6.54 Å². The van der Waals surface area contributed by atoms with Gasteiger partial charge in [-0.1, -0.05) is 19.1 Å². The Balaban J connectivity index is 1.94. The SMILES string of the molecule is CCCNC(=O)c1cccc(CNCc2c(C)nn(C)c2C)c1. The molecule has 2 N–H and O–H groups in total. The van der Waals surface area contributed by atoms with Gasteiger partial charge in [-0.15, -0.1) is 0 Å². The number of nitrogens with one attached hydrogen (secondary N) is 2. The predicted octanol–water partition coefficient (Wildman–Crippen LogP) is 2.47. The number of carbonyl (C=O) groups excluding carboxylic acids is 1. The molecule has 2 aromatic rings. The molecule has 2 rings (SSSR count). The Bertz CT molecular complexity index is 676. The number of nitrogens with zero attached hydrogens (tertiary/aromatic N) is 2. The summed E-state index contributed by atoms with van der Waals surface area (Å²) >= 11 is 0. The summed E-state index contributed by atoms with van der Waals surface area (Å²) < 4.78 is 1.91. The van der Waals surface area contributed by atoms with Gasteiger partial charge in [0.1, 0.15) is 0 Å². The summed E-state index contributed by atoms with van der Waals surface area (Å²) in [6, 6.07) is 7.76. The summed E-state index contributed by atoms with van der Waals surface area (Å²) in [6.45, 7) is 8.36. The predicted molar refractivity (Wildman–Crippen MR) is 92.3 cm³/mol. The first-order chi connectivity index (χ1) is 11.0. The van der Waals surface area contributed by atoms with Gasteiger partial charge < -0.3 is 10.6 Å². The van der Waals surface area contributed by atoms with Gasteiger partial charge in [-0.3, -0.25) is 9.48 Å². The number of aromatic nitrogens is 2. The van der Waals surface area contributed by atoms with E-state index in [2.05, 4.69) is 22.7 Å². The van der Waals surface area contributed by atoms with Gasteiger partial charge in [0.05, 0.1) is 5.69 Å². The number of aryl methyl sites for hydroxylation is 2. The fourth-order valence-electron chi connectivity index (χ4n) is 2.57. The van der Waals surface area contributed by atoms with Crippen LogP contribution in [0, 0.1) is 13.8 Å². The molecule has 1 heterocycles. The molecule has 23 heavy (non-hydrogen) atoms. The molecular weight excluding hydrogens is 288 g/mol. The molecule has 0 radical (unpaired) electrons. The van der Waals surface area contributed by atoms with Crippen LogP contribution in [0.3, 0.4) is 0 Å². The minimum Gasteiger partial charge on any atom is -0.352 e. The summed E-state index contributed by atoms with van der Waals surface area (Å²) in [5, 5.41) is 10.8. The van der Waals surface area contributed by atoms with Crippen LogP contribution in [0.2, 0.25) is 0 Å². The molecule has 0 aliphatic carbocycles. The van der Waals surface area contributed by atoms with E-state index in [1.54, 1.807) is 0 Å². The van der Waals surface area contributed by atoms with E-state index in [0.717, 1.165) is 30.8 Å². The van der Waals surface area contributed by atoms with Crippen molar-refractivity contribution in [2.45, 2.75) is 40.3 Å². The molecule has 0 spiro atoms. The van der Waals surface area contributed by atoms with E-state index in [9.17, 15) is 4.79 Å². The van der Waals surface area contributed by atoms with Crippen LogP contribution >= 0.6 is 0 Å². The Hall–Kier alpha value is -2.14. The number of hydrogen-bond acceptors (Lipinski definition) is 3. The second-order valence-corrected chi connectivity index (χ2v) is 5.83. The van der Waals surface area contributed by atoms with E-state index in [1.807, 2.05) is 49.8 Å². The fraction of sp³-hybridized carbons (Fsp3) is 0.444. The van der Waals surface area contributed by atoms with Crippen LogP contribution in [-0.4, -0.2) is 22.2 Å². The van der Waals surface area contributed by atoms with Crippen molar-refractivity contribution < 1.29 is 4.79 Å². The molecule has 0 unspecified atom stereocenters. The molecule has 0 fully saturated rings. The molecule has 124 valence electrons. The Morgan fingerprint density at radius 1 is 1.26 bits per heavy atom. The monoisotopic (exact) mass is 314 g/mol. The first kappa shape index (κ1) is 17.2. The van der Waals surface area contributed by atoms with Crippen molar-refractivity contribution in [3.05, 3.63) is 52.3 Å². The Kier molecular flexibility index (Phi) is 5.93. The van der Waals surface area contributed by atoms with Crippen molar-refractivity contribution >= 4 is 5.91 Å². The molecule has 1 aromatic heterocycles. The second-order valence-electron chi connectivity index (χ2n) is 5.83. The molecule has 1 aromatic carbocycles. The van der Waals surface area contributed by atoms with Crippen molar-refractivity contribution in [3.63, 3.8) is 0 Å². The van der Waals surface area contributed by atoms with Gasteiger partial charge in [0, 0.05) is 43.5 Å². The van der Waals surface area contributed by atoms with Crippen molar-refractivity contribution in [3.8, 4) is 0 Å². The van der Waals surface area contributed by atoms with E-state index in [1.165, 1.54) is 11.3 Å². The van der Waals surface area contributed by atoms with Crippen LogP contribution in [0.4, 0.5) is 0 Å². The van der Waals surface area contributed by atoms with Crippen molar-refractivity contribution in [1.29, 1.82) is 0 Å². The third-order valence-corrected chi connectivity index (χ3v) is 4.01. The second kappa shape index (κ2) is 7.92. The lowest BCUT2D eigenvalue weighted by molar-refractivity contribution is 0.0953. The quantitative estimate of drug-likeness (QED) is 0.825. The third-order valence-electron chi connectivity index (χ3n) is 4.01. The summed E-state index contributed by atoms with van der Waals surface area (Å²) in [7, 11) is 1.96. The maximum atomic E-state index is 12.0. The third kappa shape index (κ3) is 4.42. The number of benzene rings is 1. The lowest BCUT2D eigenvalue weighted by atomic mass is 10.1. The Morgan fingerprint density at radius 2 is 2.04 bits per heavy atom. The minimum absolute atomic E-state index is 0.00681. The molecule has 5 heteroatoms. The molecule has 0 atom stereocenters. The fourth-order valence-corrected chi connectivity index (χ4v) is 2.57. The lowest BCUT2D eigenvalue weighted by Crippen LogP contribution is -2.24. The van der Waals surface area contributed by atoms with Gasteiger partial charge in [0.25, 0.3) is 5.91 Å². The smallest absolute Gasteiger partial charge is 0.251 e. The van der Waals surface area contributed by atoms with Gasteiger partial charge in [0.2, 0.25) is 0 Å². The van der Waals surface area contributed by atoms with Crippen LogP contribution in [0.1, 0.15) is 46.2 Å². The summed E-state index contributed by atoms with van der Waals surface area (Å²) in [5.74, 6) is -0.00681. The topological polar surface area (TPSA) is 59.0 Å². The first-order valence-electron chi connectivity index (χ1n) is 8.09. The maximum absolute atomic E-state index is 12.0. The molecule has 0 aliphatic rings. The largest absolute Gasteiger partial charge is 0.352 e. The van der Waals surface area contributed by atoms with Crippen molar-refractivity contribution in [1.82, 2.24) is 20.4 Å². The summed E-state index contributed by atoms with van der Waals surface area (Å²) in [4.78, 5) is 12.0. The Labute approximate surface area is 138 Å². The number of amides is 1. The van der Waals surface area contributed by atoms with Gasteiger partial charge in [0.15, 0.2) is 0 Å². The zero-order chi connectivity index (χ0) is 16.8. The van der Waals surface area contributed by atoms with Gasteiger partial charge in [-0.25, -0.2) is 0 Å². The molecular formula is C18H26N4O. The normalized spacial score (nSPS) is 10.8. The number of carbonyl (C=O) groups is 1. The van der Waals surface area contributed by atoms with Crippen molar-refractivity contribution in [2.24, 2.45) is 7.05 Å². The van der Waals surface area contributed by atoms with Gasteiger partial charge >= 0.3 is 0 Å². The van der Waals surface area contributed by atoms with Crippen LogP contribution < -0.4 is 10.6 Å². The average Bonchev–Trinajstić information content (AvgIpc) is 2.79. The van der Waals surface area contributed by atoms with Crippen LogP contribution in [0.5, 0.6) is 0 Å². The Morgan fingerprint density at radius 3 is 2.70 bits per heavy atom. The molecule has 0 bridgehead atoms. The van der Waals surface area contributed by atoms with E-state index in [-0.39, 0.29) is 5.91 Å². The highest BCUT2D eigenvalue weighted by molar-refractivity contribution is 5.94. The zero-order valence-corrected chi connectivity index (χ0v) is 14.4. The van der Waals surface area contributed by atoms with Crippen LogP contribution in [0.25, 0.3) is 0 Å². The van der Waals surface area contributed by atoms with Gasteiger partial charge in [-0.05, 0) is 38.0 Å². The zero-order valence-electron chi connectivity index (χ0n) is 14.4. The van der Waals surface area contributed by atoms with E-state index in [0.29, 0.717) is 12.1 Å². The van der Waals surface area contributed by atoms with E-state index >= 15 is 0 Å². The molecule has 0 saturated heterocycles. The van der Waals surface area contributed by atoms with E-state index in [4.69, 9.17) is 0 Å². The lowest BCUT2D eigenvalue weighted by Gasteiger charge is -2.08. The number of rotatable bonds is 7. The maximum Gasteiger partial charge on any atom is 0.251 e. The average molecular weight is 314 g/mol. The van der Waals surface area contributed by atoms with Crippen LogP contribution in [0.15, 0.2) is 24.3 Å². The first-order valence-corrected chi connectivity index (χ1v) is 8.09. The standard InChI is InChI=1S/C18H26N4O/c1-5-9-20-18(23)16-8-6-7-15(10-16)11-19-12-17-13(2)21-22(4)14(17)3/h6-8,10,19H,5,9,11-12H2,1-4H3,(H,20,23). The summed E-state index contributed by atoms with van der Waals surface area (Å²) in [5.41, 5.74) is 5.30. The summed E-state index contributed by atoms with van der Waals surface area (Å²) in [6.07, 6.45) is 0.941.